The van der Waals surface area contributed by atoms with Gasteiger partial charge in [-0.25, -0.2) is 9.97 Å². The van der Waals surface area contributed by atoms with Gasteiger partial charge in [0, 0.05) is 38.2 Å². The van der Waals surface area contributed by atoms with E-state index >= 15 is 0 Å². The van der Waals surface area contributed by atoms with E-state index in [2.05, 4.69) is 179 Å². The van der Waals surface area contributed by atoms with Gasteiger partial charge in [-0.05, 0) is 82.6 Å². The van der Waals surface area contributed by atoms with Crippen molar-refractivity contribution in [3.8, 4) is 33.9 Å². The molecule has 5 nitrogen and oxygen atoms in total. The average molecular weight is 703 g/mol. The molecule has 5 heteroatoms. The first-order valence-corrected chi connectivity index (χ1v) is 18.6. The molecule has 12 aromatic rings. The normalized spacial score (nSPS) is 12.0. The molecule has 0 saturated heterocycles. The van der Waals surface area contributed by atoms with Crippen LogP contribution in [0, 0.1) is 0 Å². The van der Waals surface area contributed by atoms with Crippen LogP contribution < -0.4 is 0 Å². The third-order valence-corrected chi connectivity index (χ3v) is 11.1. The van der Waals surface area contributed by atoms with Crippen molar-refractivity contribution in [3.05, 3.63) is 182 Å². The number of hydrogen-bond acceptors (Lipinski definition) is 3. The van der Waals surface area contributed by atoms with E-state index in [0.29, 0.717) is 5.71 Å². The topological polar surface area (TPSA) is 48.8 Å². The number of aromatic nitrogens is 4. The fourth-order valence-electron chi connectivity index (χ4n) is 8.58. The van der Waals surface area contributed by atoms with Crippen LogP contribution in [-0.4, -0.2) is 19.1 Å². The molecule has 55 heavy (non-hydrogen) atoms. The number of rotatable bonds is 4. The van der Waals surface area contributed by atoms with E-state index in [-0.39, 0.29) is 0 Å². The van der Waals surface area contributed by atoms with Crippen molar-refractivity contribution in [2.24, 2.45) is 0 Å². The van der Waals surface area contributed by atoms with Gasteiger partial charge >= 0.3 is 0 Å². The Balaban J connectivity index is 1.19. The lowest BCUT2D eigenvalue weighted by Crippen LogP contribution is -2.03. The maximum absolute atomic E-state index is 6.54. The molecule has 0 bridgehead atoms. The van der Waals surface area contributed by atoms with E-state index in [0.717, 1.165) is 77.8 Å². The molecule has 0 N–H and O–H groups in total. The van der Waals surface area contributed by atoms with Gasteiger partial charge < -0.3 is 8.98 Å². The Morgan fingerprint density at radius 1 is 0.382 bits per heavy atom. The highest BCUT2D eigenvalue weighted by molar-refractivity contribution is 6.15. The van der Waals surface area contributed by atoms with Crippen LogP contribution in [0.25, 0.3) is 110 Å². The van der Waals surface area contributed by atoms with Gasteiger partial charge in [-0.3, -0.25) is 4.57 Å². The van der Waals surface area contributed by atoms with Crippen LogP contribution in [0.15, 0.2) is 186 Å². The van der Waals surface area contributed by atoms with Crippen LogP contribution in [0.1, 0.15) is 0 Å². The molecule has 0 saturated carbocycles. The molecule has 0 aliphatic carbocycles. The molecule has 0 radical (unpaired) electrons. The highest BCUT2D eigenvalue weighted by Gasteiger charge is 2.23. The van der Waals surface area contributed by atoms with Gasteiger partial charge in [0.05, 0.1) is 22.1 Å². The van der Waals surface area contributed by atoms with Crippen LogP contribution in [0.3, 0.4) is 0 Å². The molecular weight excluding hydrogens is 673 g/mol. The molecule has 0 amide bonds. The predicted molar refractivity (Wildman–Crippen MR) is 226 cm³/mol. The average Bonchev–Trinajstić information content (AvgIpc) is 3.89. The fourth-order valence-corrected chi connectivity index (χ4v) is 8.58. The number of nitrogens with zero attached hydrogens (tertiary/aromatic N) is 4. The number of hydrogen-bond donors (Lipinski definition) is 0. The lowest BCUT2D eigenvalue weighted by atomic mass is 10.0. The maximum Gasteiger partial charge on any atom is 0.247 e. The highest BCUT2D eigenvalue weighted by Crippen LogP contribution is 2.41. The monoisotopic (exact) mass is 702 g/mol. The minimum atomic E-state index is 0.511. The highest BCUT2D eigenvalue weighted by atomic mass is 16.3. The predicted octanol–water partition coefficient (Wildman–Crippen LogP) is 13.1. The van der Waals surface area contributed by atoms with Crippen molar-refractivity contribution < 1.29 is 4.42 Å². The molecule has 0 atom stereocenters. The van der Waals surface area contributed by atoms with Gasteiger partial charge in [-0.15, -0.1) is 0 Å². The van der Waals surface area contributed by atoms with Crippen molar-refractivity contribution in [2.45, 2.75) is 0 Å². The molecule has 0 aliphatic rings. The molecule has 4 heterocycles. The molecule has 0 aliphatic heterocycles. The van der Waals surface area contributed by atoms with Crippen LogP contribution in [0.5, 0.6) is 0 Å². The lowest BCUT2D eigenvalue weighted by Gasteiger charge is -2.13. The smallest absolute Gasteiger partial charge is 0.247 e. The lowest BCUT2D eigenvalue weighted by molar-refractivity contribution is 0.653. The molecule has 0 unspecified atom stereocenters. The van der Waals surface area contributed by atoms with Crippen molar-refractivity contribution in [2.75, 3.05) is 0 Å². The van der Waals surface area contributed by atoms with Gasteiger partial charge in [0.1, 0.15) is 16.8 Å². The second-order valence-electron chi connectivity index (χ2n) is 14.2. The Bertz CT molecular complexity index is 3480. The molecule has 256 valence electrons. The number of fused-ring (bicyclic) bond motifs is 10. The second-order valence-corrected chi connectivity index (χ2v) is 14.2. The molecular formula is C50H30N4O. The zero-order chi connectivity index (χ0) is 36.0. The third-order valence-electron chi connectivity index (χ3n) is 11.1. The van der Waals surface area contributed by atoms with Crippen LogP contribution in [0.4, 0.5) is 0 Å². The van der Waals surface area contributed by atoms with Gasteiger partial charge in [0.15, 0.2) is 5.82 Å². The second kappa shape index (κ2) is 11.5. The molecule has 12 rings (SSSR count). The first kappa shape index (κ1) is 30.0. The number of para-hydroxylation sites is 3. The van der Waals surface area contributed by atoms with E-state index in [1.807, 2.05) is 12.1 Å². The maximum atomic E-state index is 6.54. The third kappa shape index (κ3) is 4.47. The Morgan fingerprint density at radius 3 is 1.76 bits per heavy atom. The largest absolute Gasteiger partial charge is 0.436 e. The summed E-state index contributed by atoms with van der Waals surface area (Å²) in [4.78, 5) is 11.0. The summed E-state index contributed by atoms with van der Waals surface area (Å²) >= 11 is 0. The van der Waals surface area contributed by atoms with Crippen LogP contribution >= 0.6 is 0 Å². The Kier molecular flexibility index (Phi) is 6.27. The summed E-state index contributed by atoms with van der Waals surface area (Å²) in [5, 5.41) is 7.98. The minimum Gasteiger partial charge on any atom is -0.436 e. The van der Waals surface area contributed by atoms with Crippen LogP contribution in [0.2, 0.25) is 0 Å². The van der Waals surface area contributed by atoms with E-state index < -0.39 is 0 Å². The van der Waals surface area contributed by atoms with E-state index in [4.69, 9.17) is 14.4 Å². The first-order chi connectivity index (χ1) is 27.3. The van der Waals surface area contributed by atoms with Crippen molar-refractivity contribution >= 4 is 76.6 Å². The van der Waals surface area contributed by atoms with Crippen molar-refractivity contribution in [1.29, 1.82) is 0 Å². The Morgan fingerprint density at radius 2 is 0.982 bits per heavy atom. The zero-order valence-corrected chi connectivity index (χ0v) is 29.5. The summed E-state index contributed by atoms with van der Waals surface area (Å²) in [6.45, 7) is 0. The molecule has 0 spiro atoms. The van der Waals surface area contributed by atoms with Crippen molar-refractivity contribution in [1.82, 2.24) is 19.1 Å². The summed E-state index contributed by atoms with van der Waals surface area (Å²) in [7, 11) is 0. The summed E-state index contributed by atoms with van der Waals surface area (Å²) < 4.78 is 11.2. The quantitative estimate of drug-likeness (QED) is 0.183. The Labute approximate surface area is 315 Å². The summed E-state index contributed by atoms with van der Waals surface area (Å²) in [5.41, 5.74) is 11.5. The number of benzene rings is 8. The van der Waals surface area contributed by atoms with E-state index in [9.17, 15) is 0 Å². The minimum absolute atomic E-state index is 0.511. The van der Waals surface area contributed by atoms with E-state index in [1.54, 1.807) is 0 Å². The first-order valence-electron chi connectivity index (χ1n) is 18.6. The van der Waals surface area contributed by atoms with Crippen LogP contribution in [-0.2, 0) is 0 Å². The molecule has 4 aromatic heterocycles. The summed E-state index contributed by atoms with van der Waals surface area (Å²) in [6.07, 6.45) is 0. The number of furan rings is 1. The van der Waals surface area contributed by atoms with Gasteiger partial charge in [-0.1, -0.05) is 121 Å². The van der Waals surface area contributed by atoms with Gasteiger partial charge in [-0.2, -0.15) is 0 Å². The SMILES string of the molecule is c1ccc(-c2ccc3oc4nc(-c5ccc6c(c5)c5ccccc5n6-c5ccccc5)c(-n5c6ccccc6c6cc7ccccc7cc65)nc4c3c2)cc1. The summed E-state index contributed by atoms with van der Waals surface area (Å²) in [6, 6.07) is 64.4. The molecule has 8 aromatic carbocycles. The summed E-state index contributed by atoms with van der Waals surface area (Å²) in [5.74, 6) is 0.757. The van der Waals surface area contributed by atoms with Crippen molar-refractivity contribution in [3.63, 3.8) is 0 Å². The van der Waals surface area contributed by atoms with Gasteiger partial charge in [0.2, 0.25) is 5.71 Å². The van der Waals surface area contributed by atoms with E-state index in [1.165, 1.54) is 26.9 Å². The standard InChI is InChI=1S/C50H30N4O/c1-3-13-31(14-4-1)34-24-26-46-41(28-34)48-50(55-46)52-47(35-23-25-44-39(29-35)37-19-9-11-21-42(37)53(44)36-17-5-2-6-18-36)49(51-48)54-43-22-12-10-20-38(43)40-27-32-15-7-8-16-33(32)30-45(40)54/h1-30H. The zero-order valence-electron chi connectivity index (χ0n) is 29.5. The Hall–Kier alpha value is -7.50. The fraction of sp³-hybridized carbons (Fsp3) is 0. The molecule has 0 fully saturated rings. The van der Waals surface area contributed by atoms with Gasteiger partial charge in [0.25, 0.3) is 0 Å².